The molecule has 0 aromatic heterocycles. The maximum absolute atomic E-state index is 4.09. The molecule has 2 saturated heterocycles. The third-order valence-electron chi connectivity index (χ3n) is 9.86. The molecule has 6 aliphatic rings. The van der Waals surface area contributed by atoms with Gasteiger partial charge < -0.3 is 18.6 Å². The van der Waals surface area contributed by atoms with Gasteiger partial charge in [0.1, 0.15) is 0 Å². The van der Waals surface area contributed by atoms with Crippen LogP contribution < -0.4 is 0 Å². The topological polar surface area (TPSA) is 19.0 Å². The summed E-state index contributed by atoms with van der Waals surface area (Å²) in [5.74, 6) is 18.4. The molecular formula is C30H34B2N6. The first-order valence-corrected chi connectivity index (χ1v) is 14.6. The smallest absolute Gasteiger partial charge is 0.329 e. The quantitative estimate of drug-likeness (QED) is 0.406. The first-order chi connectivity index (χ1) is 18.8. The lowest BCUT2D eigenvalue weighted by molar-refractivity contribution is -0.417. The molecule has 190 valence electrons. The highest BCUT2D eigenvalue weighted by atomic mass is 15.6. The molecule has 2 aromatic carbocycles. The summed E-state index contributed by atoms with van der Waals surface area (Å²) in [7, 11) is 0. The van der Waals surface area contributed by atoms with E-state index >= 15 is 0 Å². The van der Waals surface area contributed by atoms with Crippen LogP contribution in [0.4, 0.5) is 0 Å². The lowest BCUT2D eigenvalue weighted by Crippen LogP contribution is -2.78. The average Bonchev–Trinajstić information content (AvgIpc) is 3.38. The number of rotatable bonds is 0. The fraction of sp³-hybridized carbons (Fsp3) is 0.400. The Balaban J connectivity index is 1.45. The van der Waals surface area contributed by atoms with Crippen molar-refractivity contribution in [2.75, 3.05) is 52.4 Å². The van der Waals surface area contributed by atoms with Crippen LogP contribution in [0.25, 0.3) is 0 Å². The van der Waals surface area contributed by atoms with E-state index in [9.17, 15) is 0 Å². The van der Waals surface area contributed by atoms with E-state index < -0.39 is 12.6 Å². The zero-order valence-corrected chi connectivity index (χ0v) is 22.1. The molecular weight excluding hydrogens is 466 g/mol. The van der Waals surface area contributed by atoms with Gasteiger partial charge in [0, 0.05) is 63.0 Å². The van der Waals surface area contributed by atoms with Gasteiger partial charge in [0.2, 0.25) is 0 Å². The van der Waals surface area contributed by atoms with E-state index in [-0.39, 0.29) is 0 Å². The Hall–Kier alpha value is -3.77. The number of hydrogen-bond donors (Lipinski definition) is 0. The highest BCUT2D eigenvalue weighted by Crippen LogP contribution is 2.44. The van der Waals surface area contributed by atoms with E-state index in [0.29, 0.717) is 0 Å². The molecule has 8 heteroatoms. The molecule has 6 nitrogen and oxygen atoms in total. The highest BCUT2D eigenvalue weighted by Gasteiger charge is 2.74. The zero-order chi connectivity index (χ0) is 25.2. The molecule has 2 atom stereocenters. The van der Waals surface area contributed by atoms with Gasteiger partial charge in [-0.05, 0) is 24.3 Å². The van der Waals surface area contributed by atoms with Crippen molar-refractivity contribution >= 4 is 24.5 Å². The minimum Gasteiger partial charge on any atom is -0.433 e. The van der Waals surface area contributed by atoms with Crippen LogP contribution in [0, 0.1) is 23.5 Å². The van der Waals surface area contributed by atoms with Crippen molar-refractivity contribution in [3.63, 3.8) is 0 Å². The SMILES string of the molecule is C(#C[B@@-]12N3CCCN4CCC[N+](=C43)[B@-]1(C#Cc1ccccc1)N1CCCN3CCC[N+]2=C31)c1ccccc1. The summed E-state index contributed by atoms with van der Waals surface area (Å²) in [6, 6.07) is 21.2. The molecule has 8 rings (SSSR count). The predicted octanol–water partition coefficient (Wildman–Crippen LogP) is 1.72. The fourth-order valence-electron chi connectivity index (χ4n) is 8.61. The minimum atomic E-state index is -1.49. The second-order valence-corrected chi connectivity index (χ2v) is 11.7. The molecule has 0 amide bonds. The van der Waals surface area contributed by atoms with Crippen molar-refractivity contribution in [3.8, 4) is 23.5 Å². The van der Waals surface area contributed by atoms with Crippen molar-refractivity contribution in [1.29, 1.82) is 0 Å². The number of fused-ring (bicyclic) bond motifs is 5. The standard InChI is InChI=1S/C30H34B2N6/c1-3-11-27(12-4-1)15-17-31-32(18-16-28-13-5-2-6-14-28,37-25-9-21-33-19-7-23-35(31)29(33)37)38-26-10-22-34-20-8-24-36(31)30(34)38/h1-6,11-14H,7-10,19-26H2/t31-,32+. The highest BCUT2D eigenvalue weighted by molar-refractivity contribution is 7.42. The Labute approximate surface area is 226 Å². The Bertz CT molecular complexity index is 1370. The maximum atomic E-state index is 4.09. The summed E-state index contributed by atoms with van der Waals surface area (Å²) in [5.41, 5.74) is 2.19. The first-order valence-electron chi connectivity index (χ1n) is 14.6. The molecule has 2 aromatic rings. The molecule has 0 unspecified atom stereocenters. The second kappa shape index (κ2) is 8.37. The molecule has 0 bridgehead atoms. The van der Waals surface area contributed by atoms with Crippen molar-refractivity contribution in [2.24, 2.45) is 0 Å². The van der Waals surface area contributed by atoms with Crippen LogP contribution in [0.2, 0.25) is 0 Å². The van der Waals surface area contributed by atoms with Gasteiger partial charge in [-0.25, -0.2) is 0 Å². The summed E-state index contributed by atoms with van der Waals surface area (Å²) in [4.78, 5) is 10.8. The van der Waals surface area contributed by atoms with Crippen LogP contribution in [-0.2, 0) is 0 Å². The molecule has 0 aliphatic carbocycles. The minimum absolute atomic E-state index is 1.06. The third kappa shape index (κ3) is 2.84. The van der Waals surface area contributed by atoms with Crippen LogP contribution in [0.3, 0.4) is 0 Å². The van der Waals surface area contributed by atoms with Crippen LogP contribution in [-0.4, -0.2) is 105 Å². The van der Waals surface area contributed by atoms with Crippen LogP contribution >= 0.6 is 0 Å². The Morgan fingerprint density at radius 2 is 0.947 bits per heavy atom. The van der Waals surface area contributed by atoms with Gasteiger partial charge in [0.05, 0.1) is 26.2 Å². The maximum Gasteiger partial charge on any atom is 0.329 e. The van der Waals surface area contributed by atoms with E-state index in [1.807, 2.05) is 0 Å². The average molecular weight is 500 g/mol. The van der Waals surface area contributed by atoms with E-state index in [1.165, 1.54) is 37.6 Å². The van der Waals surface area contributed by atoms with E-state index in [0.717, 1.165) is 63.5 Å². The molecule has 0 saturated carbocycles. The lowest BCUT2D eigenvalue weighted by atomic mass is 9.03. The fourth-order valence-corrected chi connectivity index (χ4v) is 8.61. The van der Waals surface area contributed by atoms with Crippen molar-refractivity contribution in [1.82, 2.24) is 19.4 Å². The molecule has 38 heavy (non-hydrogen) atoms. The summed E-state index contributed by atoms with van der Waals surface area (Å²) in [6.45, 7) is 8.78. The number of hydrogen-bond acceptors (Lipinski definition) is 4. The van der Waals surface area contributed by atoms with Gasteiger partial charge in [0.15, 0.2) is 0 Å². The van der Waals surface area contributed by atoms with E-state index in [4.69, 9.17) is 0 Å². The van der Waals surface area contributed by atoms with Crippen LogP contribution in [0.5, 0.6) is 0 Å². The van der Waals surface area contributed by atoms with Gasteiger partial charge >= 0.3 is 12.6 Å². The molecule has 6 aliphatic heterocycles. The van der Waals surface area contributed by atoms with Crippen LogP contribution in [0.15, 0.2) is 60.7 Å². The third-order valence-corrected chi connectivity index (χ3v) is 9.86. The van der Waals surface area contributed by atoms with E-state index in [1.54, 1.807) is 0 Å². The second-order valence-electron chi connectivity index (χ2n) is 11.7. The molecule has 0 radical (unpaired) electrons. The Morgan fingerprint density at radius 1 is 0.526 bits per heavy atom. The number of benzene rings is 2. The van der Waals surface area contributed by atoms with Gasteiger partial charge in [-0.15, -0.1) is 11.8 Å². The first kappa shape index (κ1) is 22.2. The van der Waals surface area contributed by atoms with Gasteiger partial charge in [-0.3, -0.25) is 21.4 Å². The summed E-state index contributed by atoms with van der Waals surface area (Å²) < 4.78 is 5.51. The van der Waals surface area contributed by atoms with Crippen LogP contribution in [0.1, 0.15) is 36.8 Å². The molecule has 0 spiro atoms. The van der Waals surface area contributed by atoms with Gasteiger partial charge in [0.25, 0.3) is 11.9 Å². The largest absolute Gasteiger partial charge is 0.433 e. The zero-order valence-electron chi connectivity index (χ0n) is 22.1. The Kier molecular flexibility index (Phi) is 4.90. The molecule has 6 heterocycles. The normalized spacial score (nSPS) is 28.7. The monoisotopic (exact) mass is 500 g/mol. The number of nitrogens with zero attached hydrogens (tertiary/aromatic N) is 6. The van der Waals surface area contributed by atoms with Crippen molar-refractivity contribution < 1.29 is 8.97 Å². The lowest BCUT2D eigenvalue weighted by Gasteiger charge is -2.48. The molecule has 2 fully saturated rings. The summed E-state index contributed by atoms with van der Waals surface area (Å²) in [5, 5.41) is 0. The summed E-state index contributed by atoms with van der Waals surface area (Å²) in [6.07, 6.45) is 1.74. The Morgan fingerprint density at radius 3 is 1.39 bits per heavy atom. The predicted molar refractivity (Wildman–Crippen MR) is 153 cm³/mol. The van der Waals surface area contributed by atoms with E-state index in [2.05, 4.69) is 113 Å². The van der Waals surface area contributed by atoms with Gasteiger partial charge in [-0.2, -0.15) is 0 Å². The summed E-state index contributed by atoms with van der Waals surface area (Å²) >= 11 is 0. The number of guanidine groups is 2. The van der Waals surface area contributed by atoms with Crippen molar-refractivity contribution in [3.05, 3.63) is 71.8 Å². The van der Waals surface area contributed by atoms with Crippen molar-refractivity contribution in [2.45, 2.75) is 25.7 Å². The van der Waals surface area contributed by atoms with Gasteiger partial charge in [-0.1, -0.05) is 36.4 Å². The molecule has 0 N–H and O–H groups in total.